The molecule has 0 bridgehead atoms. The number of thiophene rings is 1. The van der Waals surface area contributed by atoms with Crippen LogP contribution in [0.15, 0.2) is 53.9 Å². The lowest BCUT2D eigenvalue weighted by molar-refractivity contribution is -0.384. The number of carbonyl (C=O) groups excluding carboxylic acids is 1. The number of nitro benzene ring substituents is 1. The number of amides is 1. The summed E-state index contributed by atoms with van der Waals surface area (Å²) in [5.41, 5.74) is 3.00. The summed E-state index contributed by atoms with van der Waals surface area (Å²) >= 11 is 1.59. The highest BCUT2D eigenvalue weighted by molar-refractivity contribution is 7.13. The van der Waals surface area contributed by atoms with Crippen molar-refractivity contribution in [2.24, 2.45) is 0 Å². The SMILES string of the molecule is Cc1ccc([N+](=O)[O-])cc1C(=O)Nc1ccc2nc(-c3cccs3)[nH]c2c1. The number of fused-ring (bicyclic) bond motifs is 1. The van der Waals surface area contributed by atoms with Gasteiger partial charge < -0.3 is 10.3 Å². The van der Waals surface area contributed by atoms with Crippen molar-refractivity contribution in [2.45, 2.75) is 6.92 Å². The van der Waals surface area contributed by atoms with E-state index in [4.69, 9.17) is 0 Å². The lowest BCUT2D eigenvalue weighted by Crippen LogP contribution is -2.13. The van der Waals surface area contributed by atoms with Gasteiger partial charge in [0.05, 0.1) is 20.8 Å². The Kier molecular flexibility index (Phi) is 4.17. The quantitative estimate of drug-likeness (QED) is 0.395. The summed E-state index contributed by atoms with van der Waals surface area (Å²) < 4.78 is 0. The van der Waals surface area contributed by atoms with Crippen LogP contribution in [0.3, 0.4) is 0 Å². The van der Waals surface area contributed by atoms with E-state index in [1.807, 2.05) is 23.6 Å². The molecule has 0 aliphatic rings. The third-order valence-electron chi connectivity index (χ3n) is 4.17. The molecule has 2 heterocycles. The summed E-state index contributed by atoms with van der Waals surface area (Å²) in [6.07, 6.45) is 0. The highest BCUT2D eigenvalue weighted by Crippen LogP contribution is 2.26. The molecule has 8 heteroatoms. The minimum atomic E-state index is -0.515. The molecule has 134 valence electrons. The summed E-state index contributed by atoms with van der Waals surface area (Å²) in [5.74, 6) is 0.381. The number of rotatable bonds is 4. The summed E-state index contributed by atoms with van der Waals surface area (Å²) in [6, 6.07) is 13.5. The molecule has 2 aromatic heterocycles. The molecule has 2 aromatic carbocycles. The van der Waals surface area contributed by atoms with Gasteiger partial charge in [-0.15, -0.1) is 11.3 Å². The largest absolute Gasteiger partial charge is 0.337 e. The first-order valence-electron chi connectivity index (χ1n) is 8.11. The molecule has 4 rings (SSSR count). The van der Waals surface area contributed by atoms with Crippen LogP contribution in [-0.4, -0.2) is 20.8 Å². The minimum absolute atomic E-state index is 0.115. The number of anilines is 1. The summed E-state index contributed by atoms with van der Waals surface area (Å²) in [5, 5.41) is 15.7. The maximum atomic E-state index is 12.6. The lowest BCUT2D eigenvalue weighted by atomic mass is 10.1. The van der Waals surface area contributed by atoms with Gasteiger partial charge in [-0.25, -0.2) is 4.98 Å². The van der Waals surface area contributed by atoms with Crippen molar-refractivity contribution in [3.63, 3.8) is 0 Å². The first-order chi connectivity index (χ1) is 13.0. The number of aromatic amines is 1. The Balaban J connectivity index is 1.62. The Morgan fingerprint density at radius 3 is 2.81 bits per heavy atom. The molecule has 7 nitrogen and oxygen atoms in total. The third-order valence-corrected chi connectivity index (χ3v) is 5.05. The molecule has 4 aromatic rings. The number of carbonyl (C=O) groups is 1. The fourth-order valence-electron chi connectivity index (χ4n) is 2.78. The van der Waals surface area contributed by atoms with E-state index in [-0.39, 0.29) is 11.3 Å². The van der Waals surface area contributed by atoms with E-state index in [1.165, 1.54) is 12.1 Å². The molecule has 0 saturated heterocycles. The van der Waals surface area contributed by atoms with Gasteiger partial charge in [0.1, 0.15) is 5.82 Å². The number of imidazole rings is 1. The van der Waals surface area contributed by atoms with Gasteiger partial charge in [0.2, 0.25) is 0 Å². The van der Waals surface area contributed by atoms with Gasteiger partial charge in [0.15, 0.2) is 0 Å². The van der Waals surface area contributed by atoms with Crippen LogP contribution in [0.25, 0.3) is 21.7 Å². The fraction of sp³-hybridized carbons (Fsp3) is 0.0526. The van der Waals surface area contributed by atoms with Crippen molar-refractivity contribution >= 4 is 39.7 Å². The molecule has 0 saturated carbocycles. The van der Waals surface area contributed by atoms with Crippen LogP contribution in [0.2, 0.25) is 0 Å². The molecule has 2 N–H and O–H groups in total. The third kappa shape index (κ3) is 3.30. The zero-order chi connectivity index (χ0) is 19.0. The second kappa shape index (κ2) is 6.65. The summed E-state index contributed by atoms with van der Waals surface area (Å²) in [6.45, 7) is 1.74. The number of non-ortho nitro benzene ring substituents is 1. The summed E-state index contributed by atoms with van der Waals surface area (Å²) in [4.78, 5) is 31.8. The molecule has 1 amide bonds. The van der Waals surface area contributed by atoms with Crippen molar-refractivity contribution in [2.75, 3.05) is 5.32 Å². The predicted molar refractivity (Wildman–Crippen MR) is 105 cm³/mol. The van der Waals surface area contributed by atoms with Crippen LogP contribution < -0.4 is 5.32 Å². The van der Waals surface area contributed by atoms with Gasteiger partial charge in [-0.3, -0.25) is 14.9 Å². The van der Waals surface area contributed by atoms with Crippen LogP contribution in [0.1, 0.15) is 15.9 Å². The average molecular weight is 378 g/mol. The van der Waals surface area contributed by atoms with E-state index < -0.39 is 10.8 Å². The van der Waals surface area contributed by atoms with Crippen molar-refractivity contribution in [3.05, 3.63) is 75.2 Å². The second-order valence-corrected chi connectivity index (χ2v) is 6.95. The van der Waals surface area contributed by atoms with E-state index >= 15 is 0 Å². The molecule has 0 fully saturated rings. The maximum absolute atomic E-state index is 12.6. The molecule has 0 atom stereocenters. The predicted octanol–water partition coefficient (Wildman–Crippen LogP) is 4.76. The molecule has 0 unspecified atom stereocenters. The van der Waals surface area contributed by atoms with Gasteiger partial charge in [0, 0.05) is 23.4 Å². The Morgan fingerprint density at radius 1 is 1.22 bits per heavy atom. The maximum Gasteiger partial charge on any atom is 0.270 e. The van der Waals surface area contributed by atoms with E-state index in [2.05, 4.69) is 15.3 Å². The van der Waals surface area contributed by atoms with E-state index in [0.717, 1.165) is 21.7 Å². The molecule has 27 heavy (non-hydrogen) atoms. The van der Waals surface area contributed by atoms with Crippen LogP contribution in [0.4, 0.5) is 11.4 Å². The number of aryl methyl sites for hydroxylation is 1. The normalized spacial score (nSPS) is 10.9. The van der Waals surface area contributed by atoms with Crippen LogP contribution in [0.5, 0.6) is 0 Å². The van der Waals surface area contributed by atoms with Crippen molar-refractivity contribution in [1.82, 2.24) is 9.97 Å². The fourth-order valence-corrected chi connectivity index (χ4v) is 3.45. The van der Waals surface area contributed by atoms with Gasteiger partial charge >= 0.3 is 0 Å². The Bertz CT molecular complexity index is 1170. The van der Waals surface area contributed by atoms with E-state index in [1.54, 1.807) is 36.5 Å². The van der Waals surface area contributed by atoms with Crippen LogP contribution in [0, 0.1) is 17.0 Å². The Morgan fingerprint density at radius 2 is 2.07 bits per heavy atom. The van der Waals surface area contributed by atoms with Crippen molar-refractivity contribution in [1.29, 1.82) is 0 Å². The zero-order valence-electron chi connectivity index (χ0n) is 14.2. The van der Waals surface area contributed by atoms with E-state index in [9.17, 15) is 14.9 Å². The second-order valence-electron chi connectivity index (χ2n) is 6.01. The summed E-state index contributed by atoms with van der Waals surface area (Å²) in [7, 11) is 0. The number of hydrogen-bond acceptors (Lipinski definition) is 5. The number of nitrogens with zero attached hydrogens (tertiary/aromatic N) is 2. The number of nitro groups is 1. The highest BCUT2D eigenvalue weighted by atomic mass is 32.1. The molecule has 0 spiro atoms. The number of benzene rings is 2. The number of hydrogen-bond donors (Lipinski definition) is 2. The van der Waals surface area contributed by atoms with Crippen molar-refractivity contribution < 1.29 is 9.72 Å². The Hall–Kier alpha value is -3.52. The molecule has 0 aliphatic heterocycles. The minimum Gasteiger partial charge on any atom is -0.337 e. The number of aromatic nitrogens is 2. The van der Waals surface area contributed by atoms with Crippen LogP contribution in [-0.2, 0) is 0 Å². The molecule has 0 radical (unpaired) electrons. The van der Waals surface area contributed by atoms with Crippen molar-refractivity contribution in [3.8, 4) is 10.7 Å². The average Bonchev–Trinajstić information content (AvgIpc) is 3.30. The molecular formula is C19H14N4O3S. The van der Waals surface area contributed by atoms with Crippen LogP contribution >= 0.6 is 11.3 Å². The monoisotopic (exact) mass is 378 g/mol. The highest BCUT2D eigenvalue weighted by Gasteiger charge is 2.15. The first kappa shape index (κ1) is 16.9. The first-order valence-corrected chi connectivity index (χ1v) is 8.99. The van der Waals surface area contributed by atoms with Gasteiger partial charge in [0.25, 0.3) is 11.6 Å². The standard InChI is InChI=1S/C19H14N4O3S/c1-11-4-6-13(23(25)26)10-14(11)19(24)20-12-5-7-15-16(9-12)22-18(21-15)17-3-2-8-27-17/h2-10H,1H3,(H,20,24)(H,21,22). The lowest BCUT2D eigenvalue weighted by Gasteiger charge is -2.07. The van der Waals surface area contributed by atoms with E-state index in [0.29, 0.717) is 11.3 Å². The number of H-pyrrole nitrogens is 1. The topological polar surface area (TPSA) is 101 Å². The van der Waals surface area contributed by atoms with Gasteiger partial charge in [-0.1, -0.05) is 12.1 Å². The molecule has 0 aliphatic carbocycles. The Labute approximate surface area is 157 Å². The zero-order valence-corrected chi connectivity index (χ0v) is 15.0. The van der Waals surface area contributed by atoms with Gasteiger partial charge in [-0.2, -0.15) is 0 Å². The van der Waals surface area contributed by atoms with Gasteiger partial charge in [-0.05, 0) is 42.1 Å². The molecular weight excluding hydrogens is 364 g/mol. The smallest absolute Gasteiger partial charge is 0.270 e. The number of nitrogens with one attached hydrogen (secondary N) is 2.